The molecule has 104 valence electrons. The fourth-order valence-corrected chi connectivity index (χ4v) is 3.53. The largest absolute Gasteiger partial charge is 0.378 e. The van der Waals surface area contributed by atoms with E-state index in [1.807, 2.05) is 0 Å². The number of nitrogens with zero attached hydrogens (tertiary/aromatic N) is 1. The molecule has 0 aliphatic carbocycles. The van der Waals surface area contributed by atoms with Crippen molar-refractivity contribution in [2.45, 2.75) is 10.9 Å². The highest BCUT2D eigenvalue weighted by molar-refractivity contribution is 7.89. The Hall–Kier alpha value is -1.15. The minimum atomic E-state index is -3.78. The van der Waals surface area contributed by atoms with Crippen LogP contribution in [0.5, 0.6) is 0 Å². The van der Waals surface area contributed by atoms with Crippen LogP contribution in [-0.4, -0.2) is 44.4 Å². The molecule has 19 heavy (non-hydrogen) atoms. The number of hydrogen-bond acceptors (Lipinski definition) is 4. The molecule has 6 nitrogen and oxygen atoms in total. The second-order valence-corrected chi connectivity index (χ2v) is 6.39. The van der Waals surface area contributed by atoms with E-state index in [0.717, 1.165) is 4.31 Å². The highest BCUT2D eigenvalue weighted by Gasteiger charge is 2.37. The lowest BCUT2D eigenvalue weighted by Crippen LogP contribution is -2.54. The number of hydrogen-bond donors (Lipinski definition) is 1. The first-order valence-corrected chi connectivity index (χ1v) is 7.39. The number of carbonyl (C=O) groups excluding carboxylic acids is 1. The monoisotopic (exact) mass is 304 g/mol. The number of benzene rings is 1. The number of primary amides is 1. The first kappa shape index (κ1) is 14.3. The van der Waals surface area contributed by atoms with Crippen molar-refractivity contribution >= 4 is 27.5 Å². The fraction of sp³-hybridized carbons (Fsp3) is 0.364. The van der Waals surface area contributed by atoms with Gasteiger partial charge < -0.3 is 10.5 Å². The SMILES string of the molecule is NC(=O)[C@@H]1COCCN1S(=O)(=O)c1ccc(Cl)cc1. The Morgan fingerprint density at radius 2 is 2.00 bits per heavy atom. The van der Waals surface area contributed by atoms with Crippen LogP contribution in [0.2, 0.25) is 5.02 Å². The molecule has 0 aromatic heterocycles. The summed E-state index contributed by atoms with van der Waals surface area (Å²) in [6, 6.07) is 4.77. The zero-order chi connectivity index (χ0) is 14.0. The standard InChI is InChI=1S/C11H13ClN2O4S/c12-8-1-3-9(4-2-8)19(16,17)14-5-6-18-7-10(14)11(13)15/h1-4,10H,5-7H2,(H2,13,15)/t10-/m0/s1. The quantitative estimate of drug-likeness (QED) is 0.864. The van der Waals surface area contributed by atoms with E-state index in [4.69, 9.17) is 22.1 Å². The van der Waals surface area contributed by atoms with Crippen molar-refractivity contribution in [1.82, 2.24) is 4.31 Å². The van der Waals surface area contributed by atoms with Gasteiger partial charge in [-0.15, -0.1) is 0 Å². The average molecular weight is 305 g/mol. The summed E-state index contributed by atoms with van der Waals surface area (Å²) in [6.07, 6.45) is 0. The predicted octanol–water partition coefficient (Wildman–Crippen LogP) is 0.215. The number of carbonyl (C=O) groups is 1. The van der Waals surface area contributed by atoms with Crippen LogP contribution in [0.25, 0.3) is 0 Å². The third-order valence-electron chi connectivity index (χ3n) is 2.83. The molecule has 2 N–H and O–H groups in total. The summed E-state index contributed by atoms with van der Waals surface area (Å²) in [5, 5.41) is 0.437. The van der Waals surface area contributed by atoms with E-state index in [1.54, 1.807) is 0 Å². The Morgan fingerprint density at radius 3 is 2.58 bits per heavy atom. The van der Waals surface area contributed by atoms with Gasteiger partial charge in [-0.05, 0) is 24.3 Å². The number of rotatable bonds is 3. The zero-order valence-electron chi connectivity index (χ0n) is 9.95. The van der Waals surface area contributed by atoms with E-state index in [1.165, 1.54) is 24.3 Å². The number of sulfonamides is 1. The predicted molar refractivity (Wildman–Crippen MR) is 69.1 cm³/mol. The summed E-state index contributed by atoms with van der Waals surface area (Å²) in [4.78, 5) is 11.4. The maximum Gasteiger partial charge on any atom is 0.243 e. The van der Waals surface area contributed by atoms with Crippen LogP contribution in [0.1, 0.15) is 0 Å². The Kier molecular flexibility index (Phi) is 4.10. The Bertz CT molecular complexity index is 573. The van der Waals surface area contributed by atoms with Crippen LogP contribution >= 0.6 is 11.6 Å². The smallest absolute Gasteiger partial charge is 0.243 e. The van der Waals surface area contributed by atoms with E-state index < -0.39 is 22.0 Å². The molecule has 0 bridgehead atoms. The van der Waals surface area contributed by atoms with Crippen molar-refractivity contribution in [3.63, 3.8) is 0 Å². The third kappa shape index (κ3) is 2.89. The number of amides is 1. The topological polar surface area (TPSA) is 89.7 Å². The fourth-order valence-electron chi connectivity index (χ4n) is 1.84. The van der Waals surface area contributed by atoms with Gasteiger partial charge >= 0.3 is 0 Å². The van der Waals surface area contributed by atoms with E-state index in [-0.39, 0.29) is 24.7 Å². The van der Waals surface area contributed by atoms with Gasteiger partial charge in [-0.1, -0.05) is 11.6 Å². The summed E-state index contributed by atoms with van der Waals surface area (Å²) in [5.74, 6) is -0.725. The minimum absolute atomic E-state index is 0.0256. The van der Waals surface area contributed by atoms with Crippen molar-refractivity contribution < 1.29 is 17.9 Å². The normalized spacial score (nSPS) is 21.2. The minimum Gasteiger partial charge on any atom is -0.378 e. The number of morpholine rings is 1. The number of nitrogens with two attached hydrogens (primary N) is 1. The Balaban J connectivity index is 2.37. The molecule has 1 fully saturated rings. The highest BCUT2D eigenvalue weighted by Crippen LogP contribution is 2.22. The van der Waals surface area contributed by atoms with Gasteiger partial charge in [-0.2, -0.15) is 4.31 Å². The van der Waals surface area contributed by atoms with Gasteiger partial charge in [-0.3, -0.25) is 4.79 Å². The molecule has 2 rings (SSSR count). The third-order valence-corrected chi connectivity index (χ3v) is 5.00. The van der Waals surface area contributed by atoms with E-state index in [2.05, 4.69) is 0 Å². The van der Waals surface area contributed by atoms with Gasteiger partial charge in [0, 0.05) is 11.6 Å². The zero-order valence-corrected chi connectivity index (χ0v) is 11.5. The highest BCUT2D eigenvalue weighted by atomic mass is 35.5. The molecule has 1 aromatic rings. The molecular formula is C11H13ClN2O4S. The molecular weight excluding hydrogens is 292 g/mol. The van der Waals surface area contributed by atoms with Gasteiger partial charge in [0.05, 0.1) is 18.1 Å². The number of halogens is 1. The molecule has 8 heteroatoms. The van der Waals surface area contributed by atoms with Gasteiger partial charge in [0.25, 0.3) is 0 Å². The van der Waals surface area contributed by atoms with Crippen LogP contribution in [0.3, 0.4) is 0 Å². The molecule has 0 saturated carbocycles. The van der Waals surface area contributed by atoms with Crippen LogP contribution in [-0.2, 0) is 19.6 Å². The number of ether oxygens (including phenoxy) is 1. The van der Waals surface area contributed by atoms with Crippen molar-refractivity contribution in [3.8, 4) is 0 Å². The maximum atomic E-state index is 12.4. The second kappa shape index (κ2) is 5.46. The lowest BCUT2D eigenvalue weighted by atomic mass is 10.3. The summed E-state index contributed by atoms with van der Waals surface area (Å²) in [5.41, 5.74) is 5.21. The Morgan fingerprint density at radius 1 is 1.37 bits per heavy atom. The first-order valence-electron chi connectivity index (χ1n) is 5.57. The summed E-state index contributed by atoms with van der Waals surface area (Å²) >= 11 is 5.72. The molecule has 0 radical (unpaired) electrons. The molecule has 1 aromatic carbocycles. The molecule has 1 aliphatic heterocycles. The van der Waals surface area contributed by atoms with Crippen LogP contribution in [0, 0.1) is 0 Å². The van der Waals surface area contributed by atoms with Gasteiger partial charge in [0.2, 0.25) is 15.9 Å². The summed E-state index contributed by atoms with van der Waals surface area (Å²) in [6.45, 7) is 0.303. The Labute approximate surface area is 116 Å². The maximum absolute atomic E-state index is 12.4. The van der Waals surface area contributed by atoms with Crippen molar-refractivity contribution in [2.24, 2.45) is 5.73 Å². The molecule has 1 heterocycles. The van der Waals surface area contributed by atoms with Crippen molar-refractivity contribution in [2.75, 3.05) is 19.8 Å². The van der Waals surface area contributed by atoms with Gasteiger partial charge in [0.1, 0.15) is 6.04 Å². The van der Waals surface area contributed by atoms with E-state index >= 15 is 0 Å². The molecule has 1 saturated heterocycles. The average Bonchev–Trinajstić information content (AvgIpc) is 2.39. The summed E-state index contributed by atoms with van der Waals surface area (Å²) < 4.78 is 31.0. The lowest BCUT2D eigenvalue weighted by molar-refractivity contribution is -0.125. The summed E-state index contributed by atoms with van der Waals surface area (Å²) in [7, 11) is -3.78. The molecule has 0 unspecified atom stereocenters. The van der Waals surface area contributed by atoms with Gasteiger partial charge in [-0.25, -0.2) is 8.42 Å². The first-order chi connectivity index (χ1) is 8.93. The second-order valence-electron chi connectivity index (χ2n) is 4.06. The van der Waals surface area contributed by atoms with Crippen LogP contribution < -0.4 is 5.73 Å². The van der Waals surface area contributed by atoms with Crippen LogP contribution in [0.4, 0.5) is 0 Å². The van der Waals surface area contributed by atoms with Crippen molar-refractivity contribution in [1.29, 1.82) is 0 Å². The molecule has 0 spiro atoms. The van der Waals surface area contributed by atoms with Crippen LogP contribution in [0.15, 0.2) is 29.2 Å². The molecule has 1 atom stereocenters. The van der Waals surface area contributed by atoms with Gasteiger partial charge in [0.15, 0.2) is 0 Å². The van der Waals surface area contributed by atoms with Crippen molar-refractivity contribution in [3.05, 3.63) is 29.3 Å². The lowest BCUT2D eigenvalue weighted by Gasteiger charge is -2.32. The van der Waals surface area contributed by atoms with E-state index in [9.17, 15) is 13.2 Å². The molecule has 1 aliphatic rings. The molecule has 1 amide bonds. The van der Waals surface area contributed by atoms with E-state index in [0.29, 0.717) is 5.02 Å².